The second kappa shape index (κ2) is 9.02. The minimum Gasteiger partial charge on any atom is -0.497 e. The van der Waals surface area contributed by atoms with Gasteiger partial charge < -0.3 is 9.64 Å². The van der Waals surface area contributed by atoms with Crippen LogP contribution in [0.3, 0.4) is 0 Å². The molecule has 1 aromatic carbocycles. The number of methoxy groups -OCH3 is 1. The van der Waals surface area contributed by atoms with Crippen LogP contribution in [0.4, 0.5) is 0 Å². The van der Waals surface area contributed by atoms with E-state index < -0.39 is 0 Å². The Balaban J connectivity index is 1.45. The van der Waals surface area contributed by atoms with E-state index in [2.05, 4.69) is 15.5 Å². The van der Waals surface area contributed by atoms with Gasteiger partial charge >= 0.3 is 0 Å². The second-order valence-electron chi connectivity index (χ2n) is 6.57. The Bertz CT molecular complexity index is 713. The van der Waals surface area contributed by atoms with Crippen LogP contribution in [0.5, 0.6) is 5.75 Å². The van der Waals surface area contributed by atoms with Gasteiger partial charge in [-0.05, 0) is 41.0 Å². The molecular formula is C18H25N5O2S. The smallest absolute Gasteiger partial charge is 0.232 e. The average molecular weight is 375 g/mol. The number of carbonyl (C=O) groups is 1. The van der Waals surface area contributed by atoms with Crippen LogP contribution in [0.2, 0.25) is 0 Å². The molecule has 0 aliphatic heterocycles. The van der Waals surface area contributed by atoms with Gasteiger partial charge in [-0.25, -0.2) is 4.68 Å². The molecule has 26 heavy (non-hydrogen) atoms. The number of carbonyl (C=O) groups excluding carboxylic acids is 1. The highest BCUT2D eigenvalue weighted by atomic mass is 32.2. The Hall–Kier alpha value is -2.09. The fourth-order valence-electron chi connectivity index (χ4n) is 3.17. The summed E-state index contributed by atoms with van der Waals surface area (Å²) in [4.78, 5) is 14.1. The van der Waals surface area contributed by atoms with Gasteiger partial charge in [-0.2, -0.15) is 0 Å². The molecule has 0 bridgehead atoms. The highest BCUT2D eigenvalue weighted by molar-refractivity contribution is 7.99. The summed E-state index contributed by atoms with van der Waals surface area (Å²) < 4.78 is 7.10. The molecule has 8 heteroatoms. The van der Waals surface area contributed by atoms with Crippen molar-refractivity contribution in [3.05, 3.63) is 35.7 Å². The average Bonchev–Trinajstić information content (AvgIpc) is 3.33. The first kappa shape index (κ1) is 18.7. The van der Waals surface area contributed by atoms with E-state index >= 15 is 0 Å². The van der Waals surface area contributed by atoms with Crippen LogP contribution in [0, 0.1) is 0 Å². The molecule has 0 N–H and O–H groups in total. The van der Waals surface area contributed by atoms with Crippen LogP contribution < -0.4 is 4.74 Å². The zero-order chi connectivity index (χ0) is 18.4. The van der Waals surface area contributed by atoms with Crippen molar-refractivity contribution in [3.63, 3.8) is 0 Å². The van der Waals surface area contributed by atoms with Crippen molar-refractivity contribution < 1.29 is 9.53 Å². The van der Waals surface area contributed by atoms with E-state index in [4.69, 9.17) is 4.74 Å². The normalized spacial score (nSPS) is 14.5. The van der Waals surface area contributed by atoms with Gasteiger partial charge in [0.05, 0.1) is 24.7 Å². The van der Waals surface area contributed by atoms with Gasteiger partial charge in [0, 0.05) is 13.6 Å². The van der Waals surface area contributed by atoms with Gasteiger partial charge in [-0.15, -0.1) is 16.9 Å². The molecular weight excluding hydrogens is 350 g/mol. The van der Waals surface area contributed by atoms with Crippen molar-refractivity contribution in [1.82, 2.24) is 25.1 Å². The first-order valence-corrected chi connectivity index (χ1v) is 10.0. The third-order valence-corrected chi connectivity index (χ3v) is 5.61. The Kier molecular flexibility index (Phi) is 6.49. The molecule has 1 aromatic heterocycles. The van der Waals surface area contributed by atoms with Crippen LogP contribution in [0.25, 0.3) is 0 Å². The van der Waals surface area contributed by atoms with E-state index in [-0.39, 0.29) is 5.91 Å². The highest BCUT2D eigenvalue weighted by Gasteiger charge is 2.21. The van der Waals surface area contributed by atoms with Gasteiger partial charge in [-0.1, -0.05) is 25.0 Å². The van der Waals surface area contributed by atoms with Crippen molar-refractivity contribution >= 4 is 17.7 Å². The van der Waals surface area contributed by atoms with Gasteiger partial charge in [0.25, 0.3) is 0 Å². The van der Waals surface area contributed by atoms with Gasteiger partial charge in [-0.3, -0.25) is 4.79 Å². The number of ether oxygens (including phenoxy) is 1. The molecule has 3 rings (SSSR count). The maximum absolute atomic E-state index is 12.4. The molecule has 1 aliphatic rings. The molecule has 1 amide bonds. The first-order chi connectivity index (χ1) is 12.7. The summed E-state index contributed by atoms with van der Waals surface area (Å²) in [5.74, 6) is 2.87. The third-order valence-electron chi connectivity index (χ3n) is 4.69. The zero-order valence-corrected chi connectivity index (χ0v) is 16.1. The molecule has 1 saturated carbocycles. The van der Waals surface area contributed by atoms with Crippen LogP contribution in [-0.2, 0) is 17.1 Å². The molecule has 0 saturated heterocycles. The Morgan fingerprint density at radius 3 is 2.73 bits per heavy atom. The summed E-state index contributed by atoms with van der Waals surface area (Å²) >= 11 is 1.56. The lowest BCUT2D eigenvalue weighted by Crippen LogP contribution is -2.27. The highest BCUT2D eigenvalue weighted by Crippen LogP contribution is 2.29. The van der Waals surface area contributed by atoms with Crippen molar-refractivity contribution in [2.75, 3.05) is 19.9 Å². The lowest BCUT2D eigenvalue weighted by Gasteiger charge is -2.17. The van der Waals surface area contributed by atoms with Gasteiger partial charge in [0.1, 0.15) is 5.75 Å². The van der Waals surface area contributed by atoms with E-state index in [0.29, 0.717) is 24.1 Å². The van der Waals surface area contributed by atoms with Gasteiger partial charge in [0.15, 0.2) is 5.82 Å². The maximum atomic E-state index is 12.4. The Morgan fingerprint density at radius 2 is 2.04 bits per heavy atom. The third kappa shape index (κ3) is 4.75. The number of amides is 1. The quantitative estimate of drug-likeness (QED) is 0.706. The number of hydrogen-bond acceptors (Lipinski definition) is 6. The monoisotopic (exact) mass is 375 g/mol. The van der Waals surface area contributed by atoms with E-state index in [0.717, 1.165) is 30.0 Å². The standard InChI is InChI=1S/C18H25N5O2S/c1-22(11-14-7-9-16(25-2)10-8-14)18(24)13-26-12-17-19-20-21-23(17)15-5-3-4-6-15/h7-10,15H,3-6,11-13H2,1-2H3. The molecule has 0 radical (unpaired) electrons. The van der Waals surface area contributed by atoms with Crippen LogP contribution >= 0.6 is 11.8 Å². The lowest BCUT2D eigenvalue weighted by molar-refractivity contribution is -0.127. The number of hydrogen-bond donors (Lipinski definition) is 0. The maximum Gasteiger partial charge on any atom is 0.232 e. The predicted molar refractivity (Wildman–Crippen MR) is 101 cm³/mol. The SMILES string of the molecule is COc1ccc(CN(C)C(=O)CSCc2nnnn2C2CCCC2)cc1. The number of tetrazole rings is 1. The van der Waals surface area contributed by atoms with E-state index in [1.165, 1.54) is 12.8 Å². The van der Waals surface area contributed by atoms with E-state index in [1.54, 1.807) is 23.8 Å². The number of rotatable bonds is 8. The minimum absolute atomic E-state index is 0.103. The summed E-state index contributed by atoms with van der Waals surface area (Å²) in [6.45, 7) is 0.587. The summed E-state index contributed by atoms with van der Waals surface area (Å²) in [5.41, 5.74) is 1.08. The number of nitrogens with zero attached hydrogens (tertiary/aromatic N) is 5. The van der Waals surface area contributed by atoms with Crippen molar-refractivity contribution in [3.8, 4) is 5.75 Å². The molecule has 140 valence electrons. The topological polar surface area (TPSA) is 73.1 Å². The minimum atomic E-state index is 0.103. The summed E-state index contributed by atoms with van der Waals surface area (Å²) in [5, 5.41) is 12.1. The molecule has 1 fully saturated rings. The molecule has 2 aromatic rings. The Morgan fingerprint density at radius 1 is 1.31 bits per heavy atom. The molecule has 7 nitrogen and oxygen atoms in total. The number of aromatic nitrogens is 4. The van der Waals surface area contributed by atoms with Crippen molar-refractivity contribution in [2.24, 2.45) is 0 Å². The fourth-order valence-corrected chi connectivity index (χ4v) is 4.04. The van der Waals surface area contributed by atoms with Crippen molar-refractivity contribution in [1.29, 1.82) is 0 Å². The van der Waals surface area contributed by atoms with Gasteiger partial charge in [0.2, 0.25) is 5.91 Å². The van der Waals surface area contributed by atoms with Crippen LogP contribution in [-0.4, -0.2) is 50.9 Å². The molecule has 0 atom stereocenters. The predicted octanol–water partition coefficient (Wildman–Crippen LogP) is 2.69. The first-order valence-electron chi connectivity index (χ1n) is 8.88. The summed E-state index contributed by atoms with van der Waals surface area (Å²) in [7, 11) is 3.47. The Labute approximate surface area is 158 Å². The van der Waals surface area contributed by atoms with E-state index in [9.17, 15) is 4.79 Å². The lowest BCUT2D eigenvalue weighted by atomic mass is 10.2. The van der Waals surface area contributed by atoms with Crippen molar-refractivity contribution in [2.45, 2.75) is 44.0 Å². The zero-order valence-electron chi connectivity index (χ0n) is 15.3. The van der Waals surface area contributed by atoms with E-state index in [1.807, 2.05) is 36.0 Å². The second-order valence-corrected chi connectivity index (χ2v) is 7.55. The largest absolute Gasteiger partial charge is 0.497 e. The number of thioether (sulfide) groups is 1. The number of benzene rings is 1. The van der Waals surface area contributed by atoms with Crippen LogP contribution in [0.1, 0.15) is 43.1 Å². The summed E-state index contributed by atoms with van der Waals surface area (Å²) in [6.07, 6.45) is 4.77. The molecule has 0 spiro atoms. The fraction of sp³-hybridized carbons (Fsp3) is 0.556. The summed E-state index contributed by atoms with van der Waals surface area (Å²) in [6, 6.07) is 8.20. The molecule has 0 unspecified atom stereocenters. The molecule has 1 aliphatic carbocycles. The molecule has 1 heterocycles. The van der Waals surface area contributed by atoms with Crippen LogP contribution in [0.15, 0.2) is 24.3 Å².